The van der Waals surface area contributed by atoms with Crippen LogP contribution in [0.4, 0.5) is 0 Å². The Labute approximate surface area is 92.6 Å². The molecular formula is C13H21NO. The van der Waals surface area contributed by atoms with E-state index in [1.54, 1.807) is 0 Å². The third-order valence-electron chi connectivity index (χ3n) is 2.27. The molecule has 2 heteroatoms. The molecule has 0 heterocycles. The molecule has 0 unspecified atom stereocenters. The van der Waals surface area contributed by atoms with E-state index in [9.17, 15) is 0 Å². The van der Waals surface area contributed by atoms with Crippen LogP contribution >= 0.6 is 0 Å². The van der Waals surface area contributed by atoms with E-state index < -0.39 is 0 Å². The fraction of sp³-hybridized carbons (Fsp3) is 0.538. The summed E-state index contributed by atoms with van der Waals surface area (Å²) in [5.41, 5.74) is 1.23. The van der Waals surface area contributed by atoms with Crippen molar-refractivity contribution in [3.05, 3.63) is 29.8 Å². The van der Waals surface area contributed by atoms with Crippen molar-refractivity contribution in [2.24, 2.45) is 0 Å². The summed E-state index contributed by atoms with van der Waals surface area (Å²) in [5.74, 6) is 0.987. The van der Waals surface area contributed by atoms with Crippen LogP contribution in [0.5, 0.6) is 5.75 Å². The van der Waals surface area contributed by atoms with Crippen LogP contribution in [0.15, 0.2) is 24.3 Å². The van der Waals surface area contributed by atoms with E-state index in [0.29, 0.717) is 18.7 Å². The first-order chi connectivity index (χ1) is 7.15. The van der Waals surface area contributed by atoms with Crippen LogP contribution in [-0.4, -0.2) is 12.6 Å². The van der Waals surface area contributed by atoms with E-state index >= 15 is 0 Å². The Hall–Kier alpha value is -1.02. The van der Waals surface area contributed by atoms with Gasteiger partial charge in [0.05, 0.1) is 6.61 Å². The highest BCUT2D eigenvalue weighted by Gasteiger charge is 2.11. The molecule has 1 aromatic carbocycles. The summed E-state index contributed by atoms with van der Waals surface area (Å²) in [5, 5.41) is 3.48. The van der Waals surface area contributed by atoms with Gasteiger partial charge in [-0.2, -0.15) is 0 Å². The molecule has 0 aliphatic rings. The number of hydrogen-bond donors (Lipinski definition) is 1. The molecule has 1 atom stereocenters. The van der Waals surface area contributed by atoms with Gasteiger partial charge >= 0.3 is 0 Å². The largest absolute Gasteiger partial charge is 0.494 e. The first kappa shape index (κ1) is 12.1. The highest BCUT2D eigenvalue weighted by Crippen LogP contribution is 2.24. The topological polar surface area (TPSA) is 21.3 Å². The monoisotopic (exact) mass is 207 g/mol. The van der Waals surface area contributed by atoms with Crippen molar-refractivity contribution in [2.45, 2.75) is 39.8 Å². The summed E-state index contributed by atoms with van der Waals surface area (Å²) in [6.07, 6.45) is 0. The highest BCUT2D eigenvalue weighted by molar-refractivity contribution is 5.35. The second kappa shape index (κ2) is 5.76. The van der Waals surface area contributed by atoms with Gasteiger partial charge in [-0.15, -0.1) is 0 Å². The molecule has 0 fully saturated rings. The lowest BCUT2D eigenvalue weighted by molar-refractivity contribution is 0.331. The standard InChI is InChI=1S/C13H21NO/c1-5-15-13-9-7-6-8-12(13)11(4)14-10(2)3/h6-11,14H,5H2,1-4H3/t11-/m1/s1. The molecular weight excluding hydrogens is 186 g/mol. The lowest BCUT2D eigenvalue weighted by atomic mass is 10.1. The first-order valence-electron chi connectivity index (χ1n) is 5.63. The number of rotatable bonds is 5. The minimum absolute atomic E-state index is 0.327. The van der Waals surface area contributed by atoms with E-state index in [-0.39, 0.29) is 0 Å². The van der Waals surface area contributed by atoms with Crippen LogP contribution in [0.25, 0.3) is 0 Å². The third-order valence-corrected chi connectivity index (χ3v) is 2.27. The Morgan fingerprint density at radius 3 is 2.47 bits per heavy atom. The molecule has 0 aliphatic heterocycles. The van der Waals surface area contributed by atoms with Gasteiger partial charge in [0.15, 0.2) is 0 Å². The molecule has 0 radical (unpaired) electrons. The minimum Gasteiger partial charge on any atom is -0.494 e. The number of ether oxygens (including phenoxy) is 1. The lowest BCUT2D eigenvalue weighted by Gasteiger charge is -2.20. The summed E-state index contributed by atoms with van der Waals surface area (Å²) in [6.45, 7) is 9.19. The van der Waals surface area contributed by atoms with Crippen LogP contribution < -0.4 is 10.1 Å². The molecule has 0 saturated carbocycles. The summed E-state index contributed by atoms with van der Waals surface area (Å²) >= 11 is 0. The van der Waals surface area contributed by atoms with Crippen molar-refractivity contribution in [3.63, 3.8) is 0 Å². The molecule has 0 spiro atoms. The molecule has 1 N–H and O–H groups in total. The van der Waals surface area contributed by atoms with Crippen molar-refractivity contribution in [2.75, 3.05) is 6.61 Å². The van der Waals surface area contributed by atoms with Crippen LogP contribution in [0.1, 0.15) is 39.3 Å². The zero-order valence-electron chi connectivity index (χ0n) is 10.1. The minimum atomic E-state index is 0.327. The maximum Gasteiger partial charge on any atom is 0.124 e. The van der Waals surface area contributed by atoms with Gasteiger partial charge in [0.1, 0.15) is 5.75 Å². The Morgan fingerprint density at radius 2 is 1.87 bits per heavy atom. The van der Waals surface area contributed by atoms with Crippen molar-refractivity contribution in [1.29, 1.82) is 0 Å². The van der Waals surface area contributed by atoms with Crippen LogP contribution in [0, 0.1) is 0 Å². The van der Waals surface area contributed by atoms with Gasteiger partial charge in [-0.1, -0.05) is 32.0 Å². The van der Waals surface area contributed by atoms with Crippen LogP contribution in [0.2, 0.25) is 0 Å². The first-order valence-corrected chi connectivity index (χ1v) is 5.63. The molecule has 0 bridgehead atoms. The van der Waals surface area contributed by atoms with Crippen molar-refractivity contribution < 1.29 is 4.74 Å². The molecule has 1 rings (SSSR count). The zero-order valence-corrected chi connectivity index (χ0v) is 10.1. The van der Waals surface area contributed by atoms with Crippen molar-refractivity contribution >= 4 is 0 Å². The molecule has 84 valence electrons. The summed E-state index contributed by atoms with van der Waals surface area (Å²) in [6, 6.07) is 9.01. The quantitative estimate of drug-likeness (QED) is 0.801. The number of para-hydroxylation sites is 1. The van der Waals surface area contributed by atoms with Gasteiger partial charge in [0, 0.05) is 17.6 Å². The second-order valence-electron chi connectivity index (χ2n) is 4.01. The smallest absolute Gasteiger partial charge is 0.124 e. The van der Waals surface area contributed by atoms with Gasteiger partial charge in [-0.25, -0.2) is 0 Å². The number of benzene rings is 1. The van der Waals surface area contributed by atoms with E-state index in [4.69, 9.17) is 4.74 Å². The van der Waals surface area contributed by atoms with Gasteiger partial charge < -0.3 is 10.1 Å². The normalized spacial score (nSPS) is 12.9. The molecule has 2 nitrogen and oxygen atoms in total. The molecule has 0 aromatic heterocycles. The molecule has 0 amide bonds. The fourth-order valence-corrected chi connectivity index (χ4v) is 1.71. The van der Waals surface area contributed by atoms with Gasteiger partial charge in [-0.3, -0.25) is 0 Å². The molecule has 15 heavy (non-hydrogen) atoms. The summed E-state index contributed by atoms with van der Waals surface area (Å²) in [7, 11) is 0. The number of hydrogen-bond acceptors (Lipinski definition) is 2. The summed E-state index contributed by atoms with van der Waals surface area (Å²) in [4.78, 5) is 0. The molecule has 1 aromatic rings. The predicted molar refractivity (Wildman–Crippen MR) is 64.3 cm³/mol. The average Bonchev–Trinajstić information content (AvgIpc) is 2.18. The highest BCUT2D eigenvalue weighted by atomic mass is 16.5. The third kappa shape index (κ3) is 3.56. The fourth-order valence-electron chi connectivity index (χ4n) is 1.71. The van der Waals surface area contributed by atoms with Gasteiger partial charge in [0.25, 0.3) is 0 Å². The van der Waals surface area contributed by atoms with E-state index in [1.807, 2.05) is 19.1 Å². The van der Waals surface area contributed by atoms with Gasteiger partial charge in [-0.05, 0) is 19.9 Å². The maximum atomic E-state index is 5.60. The van der Waals surface area contributed by atoms with E-state index in [0.717, 1.165) is 5.75 Å². The van der Waals surface area contributed by atoms with Crippen molar-refractivity contribution in [3.8, 4) is 5.75 Å². The number of nitrogens with one attached hydrogen (secondary N) is 1. The SMILES string of the molecule is CCOc1ccccc1[C@@H](C)NC(C)C. The maximum absolute atomic E-state index is 5.60. The van der Waals surface area contributed by atoms with Crippen molar-refractivity contribution in [1.82, 2.24) is 5.32 Å². The Morgan fingerprint density at radius 1 is 1.20 bits per heavy atom. The predicted octanol–water partition coefficient (Wildman–Crippen LogP) is 3.14. The second-order valence-corrected chi connectivity index (χ2v) is 4.01. The Kier molecular flexibility index (Phi) is 4.63. The van der Waals surface area contributed by atoms with Crippen LogP contribution in [0.3, 0.4) is 0 Å². The lowest BCUT2D eigenvalue weighted by Crippen LogP contribution is -2.26. The van der Waals surface area contributed by atoms with E-state index in [2.05, 4.69) is 38.2 Å². The zero-order chi connectivity index (χ0) is 11.3. The molecule has 0 aliphatic carbocycles. The summed E-state index contributed by atoms with van der Waals surface area (Å²) < 4.78 is 5.60. The molecule has 0 saturated heterocycles. The van der Waals surface area contributed by atoms with Gasteiger partial charge in [0.2, 0.25) is 0 Å². The van der Waals surface area contributed by atoms with E-state index in [1.165, 1.54) is 5.56 Å². The average molecular weight is 207 g/mol. The Balaban J connectivity index is 2.81. The van der Waals surface area contributed by atoms with Crippen LogP contribution in [-0.2, 0) is 0 Å². The Bertz CT molecular complexity index is 296.